The van der Waals surface area contributed by atoms with Gasteiger partial charge >= 0.3 is 5.97 Å². The van der Waals surface area contributed by atoms with E-state index in [1.165, 1.54) is 17.0 Å². The van der Waals surface area contributed by atoms with Crippen LogP contribution < -0.4 is 9.47 Å². The molecule has 0 aliphatic carbocycles. The Kier molecular flexibility index (Phi) is 8.75. The molecule has 2 aromatic carbocycles. The number of amides is 1. The molecule has 0 saturated carbocycles. The average molecular weight is 575 g/mol. The minimum Gasteiger partial charge on any atom is -0.490 e. The van der Waals surface area contributed by atoms with Gasteiger partial charge in [-0.25, -0.2) is 4.39 Å². The fraction of sp³-hybridized carbons (Fsp3) is 0.227. The van der Waals surface area contributed by atoms with Crippen LogP contribution in [0.25, 0.3) is 6.08 Å². The molecular weight excluding hydrogens is 557 g/mol. The number of aliphatic carboxylic acids is 1. The van der Waals surface area contributed by atoms with Gasteiger partial charge in [-0.1, -0.05) is 41.6 Å². The van der Waals surface area contributed by atoms with Crippen molar-refractivity contribution in [3.05, 3.63) is 61.7 Å². The summed E-state index contributed by atoms with van der Waals surface area (Å²) in [5, 5.41) is 9.13. The zero-order valence-corrected chi connectivity index (χ0v) is 21.2. The molecule has 1 N–H and O–H groups in total. The lowest BCUT2D eigenvalue weighted by Crippen LogP contribution is -2.30. The van der Waals surface area contributed by atoms with E-state index >= 15 is 0 Å². The van der Waals surface area contributed by atoms with Crippen molar-refractivity contribution in [1.29, 1.82) is 0 Å². The van der Waals surface area contributed by atoms with Crippen molar-refractivity contribution in [2.24, 2.45) is 0 Å². The molecule has 1 aliphatic rings. The normalized spacial score (nSPS) is 14.8. The third-order valence-electron chi connectivity index (χ3n) is 4.47. The summed E-state index contributed by atoms with van der Waals surface area (Å²) in [5.41, 5.74) is 0.864. The molecule has 0 atom stereocenters. The summed E-state index contributed by atoms with van der Waals surface area (Å²) in [6.45, 7) is 2.07. The van der Waals surface area contributed by atoms with Gasteiger partial charge in [0.15, 0.2) is 11.5 Å². The molecule has 33 heavy (non-hydrogen) atoms. The number of carbonyl (C=O) groups excluding carboxylic acids is 1. The second kappa shape index (κ2) is 11.3. The van der Waals surface area contributed by atoms with Crippen LogP contribution in [0.4, 0.5) is 4.39 Å². The van der Waals surface area contributed by atoms with Gasteiger partial charge in [0.05, 0.1) is 27.4 Å². The smallest absolute Gasteiger partial charge is 0.305 e. The van der Waals surface area contributed by atoms with Crippen molar-refractivity contribution in [1.82, 2.24) is 4.90 Å². The summed E-state index contributed by atoms with van der Waals surface area (Å²) in [5.74, 6) is -1.08. The Morgan fingerprint density at radius 1 is 1.36 bits per heavy atom. The number of carboxylic acids is 1. The largest absolute Gasteiger partial charge is 0.490 e. The van der Waals surface area contributed by atoms with E-state index in [9.17, 15) is 14.0 Å². The first-order valence-corrected chi connectivity index (χ1v) is 12.1. The Hall–Kier alpha value is -2.14. The quantitative estimate of drug-likeness (QED) is 0.295. The van der Waals surface area contributed by atoms with E-state index in [2.05, 4.69) is 15.9 Å². The van der Waals surface area contributed by atoms with Gasteiger partial charge < -0.3 is 14.6 Å². The van der Waals surface area contributed by atoms with Crippen LogP contribution in [0.15, 0.2) is 39.7 Å². The van der Waals surface area contributed by atoms with Crippen molar-refractivity contribution < 1.29 is 28.6 Å². The number of rotatable bonds is 9. The summed E-state index contributed by atoms with van der Waals surface area (Å²) >= 11 is 15.9. The van der Waals surface area contributed by atoms with E-state index in [1.54, 1.807) is 24.3 Å². The number of thiocarbonyl (C=S) groups is 1. The van der Waals surface area contributed by atoms with E-state index in [0.29, 0.717) is 37.4 Å². The molecule has 0 radical (unpaired) electrons. The van der Waals surface area contributed by atoms with Crippen LogP contribution in [0.3, 0.4) is 0 Å². The average Bonchev–Trinajstić information content (AvgIpc) is 3.00. The molecule has 1 fully saturated rings. The third-order valence-corrected chi connectivity index (χ3v) is 6.80. The number of benzene rings is 2. The van der Waals surface area contributed by atoms with Crippen molar-refractivity contribution in [2.75, 3.05) is 13.2 Å². The number of halogens is 3. The number of hydrogen-bond donors (Lipinski definition) is 1. The Balaban J connectivity index is 1.86. The Bertz CT molecular complexity index is 1120. The molecule has 11 heteroatoms. The van der Waals surface area contributed by atoms with Crippen LogP contribution >= 0.6 is 51.5 Å². The maximum absolute atomic E-state index is 14.1. The Labute approximate surface area is 212 Å². The lowest BCUT2D eigenvalue weighted by Gasteiger charge is -2.16. The molecule has 6 nitrogen and oxygen atoms in total. The Morgan fingerprint density at radius 3 is 2.79 bits per heavy atom. The number of nitrogens with zero attached hydrogens (tertiary/aromatic N) is 1. The molecule has 0 bridgehead atoms. The molecule has 174 valence electrons. The van der Waals surface area contributed by atoms with E-state index in [0.717, 1.165) is 11.8 Å². The zero-order chi connectivity index (χ0) is 24.1. The summed E-state index contributed by atoms with van der Waals surface area (Å²) in [4.78, 5) is 25.1. The van der Waals surface area contributed by atoms with Crippen molar-refractivity contribution >= 4 is 73.8 Å². The van der Waals surface area contributed by atoms with Crippen molar-refractivity contribution in [3.8, 4) is 11.5 Å². The third kappa shape index (κ3) is 6.26. The van der Waals surface area contributed by atoms with Crippen LogP contribution in [0.5, 0.6) is 11.5 Å². The lowest BCUT2D eigenvalue weighted by atomic mass is 10.1. The predicted molar refractivity (Wildman–Crippen MR) is 133 cm³/mol. The number of hydrogen-bond acceptors (Lipinski definition) is 6. The van der Waals surface area contributed by atoms with Gasteiger partial charge in [0.2, 0.25) is 0 Å². The standard InChI is InChI=1S/C22H18BrClFNO5S2/c1-2-30-17-9-12(10-18-21(29)26(22(32)33-18)7-6-19(27)28)8-14(23)20(17)31-11-13-15(24)4-3-5-16(13)25/h3-5,8-10H,2,6-7,11H2,1H3,(H,27,28)/b18-10+. The minimum atomic E-state index is -1.01. The van der Waals surface area contributed by atoms with E-state index in [4.69, 9.17) is 38.4 Å². The van der Waals surface area contributed by atoms with Crippen molar-refractivity contribution in [3.63, 3.8) is 0 Å². The molecular formula is C22H18BrClFNO5S2. The summed E-state index contributed by atoms with van der Waals surface area (Å²) in [6, 6.07) is 7.82. The molecule has 1 saturated heterocycles. The SMILES string of the molecule is CCOc1cc(/C=C2/SC(=S)N(CCC(=O)O)C2=O)cc(Br)c1OCc1c(F)cccc1Cl. The maximum atomic E-state index is 14.1. The lowest BCUT2D eigenvalue weighted by molar-refractivity contribution is -0.137. The van der Waals surface area contributed by atoms with Gasteiger partial charge in [-0.05, 0) is 58.8 Å². The highest BCUT2D eigenvalue weighted by atomic mass is 79.9. The number of carbonyl (C=O) groups is 2. The molecule has 3 rings (SSSR count). The predicted octanol–water partition coefficient (Wildman–Crippen LogP) is 5.90. The van der Waals surface area contributed by atoms with Crippen LogP contribution in [-0.2, 0) is 16.2 Å². The highest BCUT2D eigenvalue weighted by molar-refractivity contribution is 9.10. The highest BCUT2D eigenvalue weighted by Crippen LogP contribution is 2.40. The monoisotopic (exact) mass is 573 g/mol. The molecule has 0 aromatic heterocycles. The van der Waals surface area contributed by atoms with Gasteiger partial charge in [0, 0.05) is 12.1 Å². The van der Waals surface area contributed by atoms with Gasteiger partial charge in [0.25, 0.3) is 5.91 Å². The fourth-order valence-electron chi connectivity index (χ4n) is 2.94. The van der Waals surface area contributed by atoms with Crippen LogP contribution in [0.2, 0.25) is 5.02 Å². The van der Waals surface area contributed by atoms with Gasteiger partial charge in [-0.3, -0.25) is 14.5 Å². The van der Waals surface area contributed by atoms with Crippen LogP contribution in [-0.4, -0.2) is 39.4 Å². The van der Waals surface area contributed by atoms with E-state index in [-0.39, 0.29) is 36.1 Å². The molecule has 0 unspecified atom stereocenters. The summed E-state index contributed by atoms with van der Waals surface area (Å²) in [7, 11) is 0. The molecule has 2 aromatic rings. The van der Waals surface area contributed by atoms with E-state index < -0.39 is 11.8 Å². The zero-order valence-electron chi connectivity index (χ0n) is 17.3. The van der Waals surface area contributed by atoms with Crippen LogP contribution in [0.1, 0.15) is 24.5 Å². The summed E-state index contributed by atoms with van der Waals surface area (Å²) in [6.07, 6.45) is 1.45. The van der Waals surface area contributed by atoms with E-state index in [1.807, 2.05) is 6.92 Å². The highest BCUT2D eigenvalue weighted by Gasteiger charge is 2.32. The van der Waals surface area contributed by atoms with Crippen molar-refractivity contribution in [2.45, 2.75) is 20.0 Å². The first-order valence-electron chi connectivity index (χ1n) is 9.70. The number of thioether (sulfide) groups is 1. The second-order valence-electron chi connectivity index (χ2n) is 6.73. The topological polar surface area (TPSA) is 76.1 Å². The molecule has 1 heterocycles. The van der Waals surface area contributed by atoms with Gasteiger partial charge in [-0.15, -0.1) is 0 Å². The minimum absolute atomic E-state index is 0.0105. The van der Waals surface area contributed by atoms with Crippen LogP contribution in [0, 0.1) is 5.82 Å². The molecule has 1 amide bonds. The number of ether oxygens (including phenoxy) is 2. The molecule has 1 aliphatic heterocycles. The first kappa shape index (κ1) is 25.5. The first-order chi connectivity index (χ1) is 15.7. The fourth-order valence-corrected chi connectivity index (χ4v) is 5.04. The number of carboxylic acid groups (broad SMARTS) is 1. The van der Waals surface area contributed by atoms with Gasteiger partial charge in [-0.2, -0.15) is 0 Å². The maximum Gasteiger partial charge on any atom is 0.305 e. The second-order valence-corrected chi connectivity index (χ2v) is 9.67. The summed E-state index contributed by atoms with van der Waals surface area (Å²) < 4.78 is 26.5. The van der Waals surface area contributed by atoms with Gasteiger partial charge in [0.1, 0.15) is 16.7 Å². The molecule has 0 spiro atoms. The Morgan fingerprint density at radius 2 is 2.12 bits per heavy atom.